The van der Waals surface area contributed by atoms with Gasteiger partial charge in [-0.05, 0) is 30.2 Å². The predicted octanol–water partition coefficient (Wildman–Crippen LogP) is 4.92. The van der Waals surface area contributed by atoms with Gasteiger partial charge in [-0.3, -0.25) is 4.98 Å². The Morgan fingerprint density at radius 1 is 0.920 bits per heavy atom. The highest BCUT2D eigenvalue weighted by Gasteiger charge is 2.19. The van der Waals surface area contributed by atoms with Crippen molar-refractivity contribution in [1.29, 1.82) is 0 Å². The molecule has 0 saturated carbocycles. The van der Waals surface area contributed by atoms with Gasteiger partial charge >= 0.3 is 0 Å². The van der Waals surface area contributed by atoms with Crippen LogP contribution in [0.3, 0.4) is 0 Å². The molecule has 25 heavy (non-hydrogen) atoms. The molecule has 5 heteroatoms. The average Bonchev–Trinajstić information content (AvgIpc) is 3.15. The lowest BCUT2D eigenvalue weighted by molar-refractivity contribution is 0.554. The summed E-state index contributed by atoms with van der Waals surface area (Å²) >= 11 is 0. The second kappa shape index (κ2) is 5.41. The molecule has 0 saturated heterocycles. The van der Waals surface area contributed by atoms with Gasteiger partial charge in [0.2, 0.25) is 0 Å². The summed E-state index contributed by atoms with van der Waals surface area (Å²) in [7, 11) is 0. The van der Waals surface area contributed by atoms with Gasteiger partial charge in [0.1, 0.15) is 11.6 Å². The maximum Gasteiger partial charge on any atom is 0.140 e. The topological polar surface area (TPSA) is 70.2 Å². The molecule has 0 spiro atoms. The Labute approximate surface area is 146 Å². The normalized spacial score (nSPS) is 12.6. The third kappa shape index (κ3) is 2.80. The van der Waals surface area contributed by atoms with Gasteiger partial charge in [-0.2, -0.15) is 0 Å². The molecule has 0 fully saturated rings. The first kappa shape index (κ1) is 15.8. The number of hydrogen-bond acceptors (Lipinski definition) is 3. The van der Waals surface area contributed by atoms with Crippen LogP contribution in [-0.4, -0.2) is 24.9 Å². The Kier molecular flexibility index (Phi) is 3.42. The molecular formula is C20H23N5. The molecular weight excluding hydrogens is 310 g/mol. The number of benzene rings is 1. The summed E-state index contributed by atoms with van der Waals surface area (Å²) in [6.07, 6.45) is 1.88. The van der Waals surface area contributed by atoms with E-state index in [1.54, 1.807) is 0 Å². The van der Waals surface area contributed by atoms with Gasteiger partial charge in [-0.1, -0.05) is 34.6 Å². The van der Waals surface area contributed by atoms with Crippen molar-refractivity contribution >= 4 is 22.1 Å². The lowest BCUT2D eigenvalue weighted by atomic mass is 9.96. The standard InChI is InChI=1S/C20H23N5/c1-11(2)13-7-6-12(10-21-13)18-22-14-8-16-17(9-15(14)23-18)25-19(24-16)20(3,4)5/h6-11H,1-5H3,(H,22,23)(H,24,25). The number of imidazole rings is 2. The smallest absolute Gasteiger partial charge is 0.140 e. The number of nitrogens with zero attached hydrogens (tertiary/aromatic N) is 3. The zero-order chi connectivity index (χ0) is 17.8. The number of aromatic nitrogens is 5. The molecule has 2 N–H and O–H groups in total. The largest absolute Gasteiger partial charge is 0.341 e. The maximum absolute atomic E-state index is 4.73. The first-order chi connectivity index (χ1) is 11.8. The summed E-state index contributed by atoms with van der Waals surface area (Å²) in [6, 6.07) is 8.25. The van der Waals surface area contributed by atoms with Crippen LogP contribution in [0.2, 0.25) is 0 Å². The number of aromatic amines is 2. The van der Waals surface area contributed by atoms with Crippen LogP contribution in [0.25, 0.3) is 33.5 Å². The van der Waals surface area contributed by atoms with E-state index in [1.165, 1.54) is 0 Å². The Bertz CT molecular complexity index is 995. The Balaban J connectivity index is 1.77. The molecule has 4 aromatic rings. The van der Waals surface area contributed by atoms with Crippen molar-refractivity contribution in [2.75, 3.05) is 0 Å². The molecule has 0 radical (unpaired) electrons. The van der Waals surface area contributed by atoms with Crippen molar-refractivity contribution in [2.24, 2.45) is 0 Å². The minimum absolute atomic E-state index is 0.00481. The van der Waals surface area contributed by atoms with E-state index in [-0.39, 0.29) is 5.41 Å². The number of fused-ring (bicyclic) bond motifs is 2. The van der Waals surface area contributed by atoms with E-state index < -0.39 is 0 Å². The highest BCUT2D eigenvalue weighted by Crippen LogP contribution is 2.27. The fourth-order valence-electron chi connectivity index (χ4n) is 2.89. The van der Waals surface area contributed by atoms with E-state index in [0.29, 0.717) is 5.92 Å². The molecule has 0 amide bonds. The predicted molar refractivity (Wildman–Crippen MR) is 102 cm³/mol. The average molecular weight is 333 g/mol. The summed E-state index contributed by atoms with van der Waals surface area (Å²) in [5, 5.41) is 0. The molecule has 0 aliphatic rings. The number of hydrogen-bond donors (Lipinski definition) is 2. The van der Waals surface area contributed by atoms with Crippen molar-refractivity contribution < 1.29 is 0 Å². The fourth-order valence-corrected chi connectivity index (χ4v) is 2.89. The minimum atomic E-state index is -0.00481. The van der Waals surface area contributed by atoms with Crippen LogP contribution >= 0.6 is 0 Å². The molecule has 0 aliphatic carbocycles. The monoisotopic (exact) mass is 333 g/mol. The van der Waals surface area contributed by atoms with Gasteiger partial charge in [0.05, 0.1) is 22.1 Å². The van der Waals surface area contributed by atoms with Crippen LogP contribution in [0.1, 0.15) is 52.1 Å². The quantitative estimate of drug-likeness (QED) is 0.547. The van der Waals surface area contributed by atoms with Gasteiger partial charge in [0.25, 0.3) is 0 Å². The second-order valence-corrected chi connectivity index (χ2v) is 7.93. The maximum atomic E-state index is 4.73. The molecule has 4 rings (SSSR count). The first-order valence-corrected chi connectivity index (χ1v) is 8.67. The van der Waals surface area contributed by atoms with Crippen LogP contribution in [-0.2, 0) is 5.41 Å². The van der Waals surface area contributed by atoms with E-state index >= 15 is 0 Å². The van der Waals surface area contributed by atoms with Gasteiger partial charge in [0.15, 0.2) is 0 Å². The molecule has 0 bridgehead atoms. The van der Waals surface area contributed by atoms with Crippen LogP contribution in [0.4, 0.5) is 0 Å². The third-order valence-electron chi connectivity index (χ3n) is 4.45. The van der Waals surface area contributed by atoms with Crippen LogP contribution in [0.15, 0.2) is 30.5 Å². The molecule has 128 valence electrons. The van der Waals surface area contributed by atoms with Crippen molar-refractivity contribution in [3.05, 3.63) is 42.0 Å². The van der Waals surface area contributed by atoms with Gasteiger partial charge in [0, 0.05) is 22.9 Å². The second-order valence-electron chi connectivity index (χ2n) is 7.93. The summed E-state index contributed by atoms with van der Waals surface area (Å²) in [4.78, 5) is 20.8. The first-order valence-electron chi connectivity index (χ1n) is 8.67. The fraction of sp³-hybridized carbons (Fsp3) is 0.350. The van der Waals surface area contributed by atoms with E-state index in [1.807, 2.05) is 12.3 Å². The molecule has 0 unspecified atom stereocenters. The summed E-state index contributed by atoms with van der Waals surface area (Å²) in [5.74, 6) is 2.25. The molecule has 3 heterocycles. The highest BCUT2D eigenvalue weighted by atomic mass is 15.0. The summed E-state index contributed by atoms with van der Waals surface area (Å²) in [5.41, 5.74) is 5.97. The highest BCUT2D eigenvalue weighted by molar-refractivity contribution is 5.92. The van der Waals surface area contributed by atoms with Crippen molar-refractivity contribution in [2.45, 2.75) is 46.0 Å². The summed E-state index contributed by atoms with van der Waals surface area (Å²) in [6.45, 7) is 10.7. The molecule has 0 atom stereocenters. The van der Waals surface area contributed by atoms with Crippen LogP contribution < -0.4 is 0 Å². The van der Waals surface area contributed by atoms with Crippen molar-refractivity contribution in [1.82, 2.24) is 24.9 Å². The van der Waals surface area contributed by atoms with Gasteiger partial charge in [-0.15, -0.1) is 0 Å². The van der Waals surface area contributed by atoms with E-state index in [0.717, 1.165) is 45.0 Å². The van der Waals surface area contributed by atoms with Gasteiger partial charge in [-0.25, -0.2) is 9.97 Å². The van der Waals surface area contributed by atoms with Crippen LogP contribution in [0, 0.1) is 0 Å². The van der Waals surface area contributed by atoms with Gasteiger partial charge < -0.3 is 9.97 Å². The van der Waals surface area contributed by atoms with E-state index in [2.05, 4.69) is 67.8 Å². The Morgan fingerprint density at radius 2 is 1.64 bits per heavy atom. The zero-order valence-electron chi connectivity index (χ0n) is 15.3. The molecule has 5 nitrogen and oxygen atoms in total. The van der Waals surface area contributed by atoms with Crippen LogP contribution in [0.5, 0.6) is 0 Å². The number of H-pyrrole nitrogens is 2. The molecule has 3 aromatic heterocycles. The molecule has 1 aromatic carbocycles. The SMILES string of the molecule is CC(C)c1ccc(-c2nc3cc4nc(C(C)(C)C)[nH]c4cc3[nH]2)cn1. The number of pyridine rings is 1. The van der Waals surface area contributed by atoms with Crippen molar-refractivity contribution in [3.8, 4) is 11.4 Å². The van der Waals surface area contributed by atoms with Crippen molar-refractivity contribution in [3.63, 3.8) is 0 Å². The van der Waals surface area contributed by atoms with E-state index in [9.17, 15) is 0 Å². The minimum Gasteiger partial charge on any atom is -0.341 e. The van der Waals surface area contributed by atoms with E-state index in [4.69, 9.17) is 9.97 Å². The summed E-state index contributed by atoms with van der Waals surface area (Å²) < 4.78 is 0. The molecule has 0 aliphatic heterocycles. The third-order valence-corrected chi connectivity index (χ3v) is 4.45. The Hall–Kier alpha value is -2.69. The lowest BCUT2D eigenvalue weighted by Crippen LogP contribution is -2.12. The Morgan fingerprint density at radius 3 is 2.28 bits per heavy atom. The lowest BCUT2D eigenvalue weighted by Gasteiger charge is -2.13. The number of nitrogens with one attached hydrogen (secondary N) is 2. The number of rotatable bonds is 2. The zero-order valence-corrected chi connectivity index (χ0v) is 15.3.